The van der Waals surface area contributed by atoms with E-state index in [9.17, 15) is 4.57 Å². The molecule has 0 aromatic carbocycles. The summed E-state index contributed by atoms with van der Waals surface area (Å²) in [6, 6.07) is 0. The van der Waals surface area contributed by atoms with Gasteiger partial charge in [0.2, 0.25) is 0 Å². The van der Waals surface area contributed by atoms with Gasteiger partial charge in [0.1, 0.15) is 0 Å². The van der Waals surface area contributed by atoms with Crippen LogP contribution in [-0.4, -0.2) is 17.8 Å². The quantitative estimate of drug-likeness (QED) is 0.554. The standard InChI is InChI=1S/C11H21O3PS/c1-10(2)6-5-7-11(3)8-9-16-15(12,13)14-4/h6,8H,5,7,9H2,1-4H3,(H,12,13)/b11-8+. The summed E-state index contributed by atoms with van der Waals surface area (Å²) in [7, 11) is 1.25. The van der Waals surface area contributed by atoms with Gasteiger partial charge >= 0.3 is 6.80 Å². The first-order valence-corrected chi connectivity index (χ1v) is 8.36. The number of hydrogen-bond acceptors (Lipinski definition) is 3. The Morgan fingerprint density at radius 2 is 2.00 bits per heavy atom. The molecule has 16 heavy (non-hydrogen) atoms. The minimum Gasteiger partial charge on any atom is -0.316 e. The van der Waals surface area contributed by atoms with E-state index in [0.29, 0.717) is 5.75 Å². The summed E-state index contributed by atoms with van der Waals surface area (Å²) in [5.41, 5.74) is 2.56. The highest BCUT2D eigenvalue weighted by atomic mass is 32.7. The van der Waals surface area contributed by atoms with Crippen molar-refractivity contribution >= 4 is 18.2 Å². The summed E-state index contributed by atoms with van der Waals surface area (Å²) in [5, 5.41) is 0. The van der Waals surface area contributed by atoms with E-state index in [1.807, 2.05) is 13.0 Å². The van der Waals surface area contributed by atoms with Crippen molar-refractivity contribution in [2.75, 3.05) is 12.9 Å². The van der Waals surface area contributed by atoms with Gasteiger partial charge in [0.15, 0.2) is 0 Å². The lowest BCUT2D eigenvalue weighted by molar-refractivity contribution is 0.336. The maximum absolute atomic E-state index is 11.1. The highest BCUT2D eigenvalue weighted by Crippen LogP contribution is 2.54. The molecule has 1 atom stereocenters. The van der Waals surface area contributed by atoms with E-state index in [4.69, 9.17) is 4.89 Å². The lowest BCUT2D eigenvalue weighted by Gasteiger charge is -2.05. The smallest absolute Gasteiger partial charge is 0.316 e. The second kappa shape index (κ2) is 8.13. The van der Waals surface area contributed by atoms with Gasteiger partial charge < -0.3 is 9.42 Å². The van der Waals surface area contributed by atoms with Crippen LogP contribution in [0, 0.1) is 0 Å². The fourth-order valence-electron chi connectivity index (χ4n) is 1.02. The van der Waals surface area contributed by atoms with Crippen LogP contribution < -0.4 is 0 Å². The van der Waals surface area contributed by atoms with E-state index in [1.54, 1.807) is 0 Å². The maximum atomic E-state index is 11.1. The Balaban J connectivity index is 3.88. The molecule has 0 heterocycles. The zero-order chi connectivity index (χ0) is 12.6. The zero-order valence-corrected chi connectivity index (χ0v) is 12.1. The summed E-state index contributed by atoms with van der Waals surface area (Å²) in [5.74, 6) is 0.516. The maximum Gasteiger partial charge on any atom is 0.386 e. The molecule has 0 aliphatic rings. The molecule has 0 aromatic heterocycles. The van der Waals surface area contributed by atoms with E-state index in [1.165, 1.54) is 18.3 Å². The molecule has 1 N–H and O–H groups in total. The molecule has 0 saturated carbocycles. The predicted molar refractivity (Wildman–Crippen MR) is 71.7 cm³/mol. The molecule has 0 amide bonds. The first-order chi connectivity index (χ1) is 7.37. The minimum absolute atomic E-state index is 0.516. The molecule has 0 aliphatic carbocycles. The third-order valence-electron chi connectivity index (χ3n) is 1.99. The normalized spacial score (nSPS) is 15.7. The van der Waals surface area contributed by atoms with Crippen LogP contribution in [0.15, 0.2) is 23.3 Å². The van der Waals surface area contributed by atoms with Gasteiger partial charge in [0, 0.05) is 12.9 Å². The molecule has 3 nitrogen and oxygen atoms in total. The molecule has 0 radical (unpaired) electrons. The fraction of sp³-hybridized carbons (Fsp3) is 0.636. The van der Waals surface area contributed by atoms with Crippen LogP contribution in [0.1, 0.15) is 33.6 Å². The van der Waals surface area contributed by atoms with Crippen LogP contribution >= 0.6 is 18.2 Å². The zero-order valence-electron chi connectivity index (χ0n) is 10.4. The molecule has 0 aromatic rings. The van der Waals surface area contributed by atoms with Gasteiger partial charge in [-0.3, -0.25) is 0 Å². The lowest BCUT2D eigenvalue weighted by atomic mass is 10.1. The number of rotatable bonds is 7. The Hall–Kier alpha value is -0.0200. The molecule has 0 spiro atoms. The van der Waals surface area contributed by atoms with Crippen molar-refractivity contribution in [3.8, 4) is 0 Å². The van der Waals surface area contributed by atoms with Crippen LogP contribution in [0.4, 0.5) is 0 Å². The largest absolute Gasteiger partial charge is 0.386 e. The Morgan fingerprint density at radius 1 is 1.38 bits per heavy atom. The Bertz CT molecular complexity index is 306. The molecule has 94 valence electrons. The van der Waals surface area contributed by atoms with Gasteiger partial charge in [0.05, 0.1) is 0 Å². The summed E-state index contributed by atoms with van der Waals surface area (Å²) < 4.78 is 15.6. The average Bonchev–Trinajstić information content (AvgIpc) is 2.17. The third-order valence-corrected chi connectivity index (χ3v) is 4.97. The molecule has 0 bridgehead atoms. The molecule has 5 heteroatoms. The molecular formula is C11H21O3PS. The van der Waals surface area contributed by atoms with Crippen molar-refractivity contribution < 1.29 is 14.0 Å². The van der Waals surface area contributed by atoms with E-state index >= 15 is 0 Å². The first-order valence-electron chi connectivity index (χ1n) is 5.19. The molecule has 0 fully saturated rings. The summed E-state index contributed by atoms with van der Waals surface area (Å²) >= 11 is 0.944. The predicted octanol–water partition coefficient (Wildman–Crippen LogP) is 4.16. The highest BCUT2D eigenvalue weighted by molar-refractivity contribution is 8.54. The van der Waals surface area contributed by atoms with Crippen molar-refractivity contribution in [2.45, 2.75) is 33.6 Å². The van der Waals surface area contributed by atoms with E-state index in [-0.39, 0.29) is 0 Å². The highest BCUT2D eigenvalue weighted by Gasteiger charge is 2.16. The fourth-order valence-corrected chi connectivity index (χ4v) is 2.77. The molecule has 0 saturated heterocycles. The van der Waals surface area contributed by atoms with Gasteiger partial charge in [0.25, 0.3) is 0 Å². The van der Waals surface area contributed by atoms with Crippen LogP contribution in [0.25, 0.3) is 0 Å². The van der Waals surface area contributed by atoms with Crippen molar-refractivity contribution in [1.29, 1.82) is 0 Å². The summed E-state index contributed by atoms with van der Waals surface area (Å²) in [6.07, 6.45) is 6.19. The molecule has 0 rings (SSSR count). The van der Waals surface area contributed by atoms with Crippen molar-refractivity contribution in [1.82, 2.24) is 0 Å². The van der Waals surface area contributed by atoms with Crippen LogP contribution in [0.5, 0.6) is 0 Å². The monoisotopic (exact) mass is 264 g/mol. The minimum atomic E-state index is -3.41. The van der Waals surface area contributed by atoms with Gasteiger partial charge in [-0.1, -0.05) is 23.3 Å². The van der Waals surface area contributed by atoms with Crippen molar-refractivity contribution in [3.05, 3.63) is 23.3 Å². The van der Waals surface area contributed by atoms with E-state index in [2.05, 4.69) is 24.4 Å². The van der Waals surface area contributed by atoms with Gasteiger partial charge in [-0.25, -0.2) is 4.57 Å². The molecule has 1 unspecified atom stereocenters. The topological polar surface area (TPSA) is 46.5 Å². The summed E-state index contributed by atoms with van der Waals surface area (Å²) in [6.45, 7) is 2.78. The Labute approximate surface area is 102 Å². The van der Waals surface area contributed by atoms with Crippen LogP contribution in [0.3, 0.4) is 0 Å². The van der Waals surface area contributed by atoms with Gasteiger partial charge in [-0.05, 0) is 45.0 Å². The lowest BCUT2D eigenvalue weighted by Crippen LogP contribution is -1.82. The summed E-state index contributed by atoms with van der Waals surface area (Å²) in [4.78, 5) is 9.14. The van der Waals surface area contributed by atoms with E-state index < -0.39 is 6.80 Å². The van der Waals surface area contributed by atoms with Crippen molar-refractivity contribution in [2.24, 2.45) is 0 Å². The van der Waals surface area contributed by atoms with Crippen LogP contribution in [-0.2, 0) is 9.09 Å². The Kier molecular flexibility index (Phi) is 8.12. The Morgan fingerprint density at radius 3 is 2.50 bits per heavy atom. The van der Waals surface area contributed by atoms with Gasteiger partial charge in [-0.15, -0.1) is 0 Å². The SMILES string of the molecule is COP(=O)(O)SC/C=C(\C)CCC=C(C)C. The molecular weight excluding hydrogens is 243 g/mol. The third kappa shape index (κ3) is 9.22. The molecule has 0 aliphatic heterocycles. The first kappa shape index (κ1) is 16.0. The van der Waals surface area contributed by atoms with E-state index in [0.717, 1.165) is 24.2 Å². The number of hydrogen-bond donors (Lipinski definition) is 1. The number of allylic oxidation sites excluding steroid dienone is 3. The average molecular weight is 264 g/mol. The second-order valence-electron chi connectivity index (χ2n) is 3.82. The second-order valence-corrected chi connectivity index (χ2v) is 7.87. The van der Waals surface area contributed by atoms with Crippen LogP contribution in [0.2, 0.25) is 0 Å². The van der Waals surface area contributed by atoms with Crippen molar-refractivity contribution in [3.63, 3.8) is 0 Å². The van der Waals surface area contributed by atoms with Gasteiger partial charge in [-0.2, -0.15) is 0 Å².